The molecule has 1 aliphatic heterocycles. The maximum absolute atomic E-state index is 12.6. The minimum absolute atomic E-state index is 0.0267. The average molecular weight is 405 g/mol. The molecular formula is C23H19NO6. The van der Waals surface area contributed by atoms with Crippen LogP contribution in [0.2, 0.25) is 0 Å². The fraction of sp³-hybridized carbons (Fsp3) is 0.174. The Hall–Kier alpha value is -3.87. The molecule has 2 aromatic carbocycles. The van der Waals surface area contributed by atoms with Crippen LogP contribution in [-0.2, 0) is 20.9 Å². The number of amides is 1. The molecule has 0 bridgehead atoms. The molecule has 1 aromatic heterocycles. The van der Waals surface area contributed by atoms with Crippen molar-refractivity contribution >= 4 is 28.9 Å². The van der Waals surface area contributed by atoms with E-state index in [2.05, 4.69) is 0 Å². The van der Waals surface area contributed by atoms with E-state index in [-0.39, 0.29) is 30.3 Å². The van der Waals surface area contributed by atoms with Gasteiger partial charge in [-0.25, -0.2) is 4.79 Å². The van der Waals surface area contributed by atoms with Crippen molar-refractivity contribution in [2.75, 3.05) is 0 Å². The zero-order valence-electron chi connectivity index (χ0n) is 16.2. The summed E-state index contributed by atoms with van der Waals surface area (Å²) in [6.45, 7) is 1.32. The number of fused-ring (bicyclic) bond motifs is 2. The molecule has 1 aliphatic rings. The molecule has 0 spiro atoms. The average Bonchev–Trinajstić information content (AvgIpc) is 2.71. The van der Waals surface area contributed by atoms with E-state index in [9.17, 15) is 19.5 Å². The lowest BCUT2D eigenvalue weighted by Crippen LogP contribution is -2.32. The van der Waals surface area contributed by atoms with Gasteiger partial charge in [0.1, 0.15) is 17.9 Å². The maximum atomic E-state index is 12.6. The second-order valence-corrected chi connectivity index (χ2v) is 7.02. The van der Waals surface area contributed by atoms with Gasteiger partial charge in [-0.3, -0.25) is 9.59 Å². The van der Waals surface area contributed by atoms with Crippen LogP contribution < -0.4 is 5.63 Å². The molecule has 4 rings (SSSR count). The van der Waals surface area contributed by atoms with Gasteiger partial charge in [-0.2, -0.15) is 0 Å². The number of hydrogen-bond acceptors (Lipinski definition) is 6. The van der Waals surface area contributed by atoms with Crippen LogP contribution in [0, 0.1) is 0 Å². The van der Waals surface area contributed by atoms with Gasteiger partial charge in [-0.05, 0) is 29.3 Å². The monoisotopic (exact) mass is 405 g/mol. The first-order chi connectivity index (χ1) is 14.4. The highest BCUT2D eigenvalue weighted by Crippen LogP contribution is 2.33. The van der Waals surface area contributed by atoms with Crippen molar-refractivity contribution in [1.29, 1.82) is 0 Å². The third kappa shape index (κ3) is 3.82. The molecule has 2 heterocycles. The Morgan fingerprint density at radius 2 is 1.97 bits per heavy atom. The second-order valence-electron chi connectivity index (χ2n) is 7.02. The first kappa shape index (κ1) is 19.4. The highest BCUT2D eigenvalue weighted by atomic mass is 16.5. The van der Waals surface area contributed by atoms with Gasteiger partial charge >= 0.3 is 11.6 Å². The Kier molecular flexibility index (Phi) is 5.10. The summed E-state index contributed by atoms with van der Waals surface area (Å²) in [6, 6.07) is 12.7. The molecule has 1 N–H and O–H groups in total. The fourth-order valence-corrected chi connectivity index (χ4v) is 3.63. The first-order valence-electron chi connectivity index (χ1n) is 9.40. The standard InChI is InChI=1S/C23H19NO6/c1-14(25)24-9-8-15-4-2-3-5-18(15)20(24)12-22(27)29-13-16-10-23(28)30-21-11-17(26)6-7-19(16)21/h2-11,20,26H,12-13H2,1H3/t20-/m0/s1. The fourth-order valence-electron chi connectivity index (χ4n) is 3.63. The summed E-state index contributed by atoms with van der Waals surface area (Å²) in [5.41, 5.74) is 1.89. The zero-order valence-corrected chi connectivity index (χ0v) is 16.2. The molecular weight excluding hydrogens is 386 g/mol. The summed E-state index contributed by atoms with van der Waals surface area (Å²) >= 11 is 0. The number of nitrogens with zero attached hydrogens (tertiary/aromatic N) is 1. The first-order valence-corrected chi connectivity index (χ1v) is 9.40. The van der Waals surface area contributed by atoms with Crippen LogP contribution >= 0.6 is 0 Å². The van der Waals surface area contributed by atoms with Crippen LogP contribution in [-0.4, -0.2) is 21.9 Å². The number of rotatable bonds is 4. The van der Waals surface area contributed by atoms with Crippen LogP contribution in [0.1, 0.15) is 36.1 Å². The quantitative estimate of drug-likeness (QED) is 0.527. The summed E-state index contributed by atoms with van der Waals surface area (Å²) in [5, 5.41) is 10.1. The van der Waals surface area contributed by atoms with Gasteiger partial charge in [0.25, 0.3) is 0 Å². The molecule has 0 fully saturated rings. The van der Waals surface area contributed by atoms with E-state index >= 15 is 0 Å². The largest absolute Gasteiger partial charge is 0.508 e. The third-order valence-electron chi connectivity index (χ3n) is 5.03. The molecule has 30 heavy (non-hydrogen) atoms. The minimum atomic E-state index is -0.603. The van der Waals surface area contributed by atoms with Crippen LogP contribution in [0.25, 0.3) is 17.0 Å². The molecule has 152 valence electrons. The molecule has 7 nitrogen and oxygen atoms in total. The number of aromatic hydroxyl groups is 1. The van der Waals surface area contributed by atoms with Crippen molar-refractivity contribution < 1.29 is 23.8 Å². The molecule has 0 unspecified atom stereocenters. The van der Waals surface area contributed by atoms with Crippen molar-refractivity contribution in [3.8, 4) is 5.75 Å². The lowest BCUT2D eigenvalue weighted by atomic mass is 9.94. The minimum Gasteiger partial charge on any atom is -0.508 e. The van der Waals surface area contributed by atoms with Gasteiger partial charge in [0.15, 0.2) is 0 Å². The molecule has 0 radical (unpaired) electrons. The molecule has 0 saturated heterocycles. The van der Waals surface area contributed by atoms with Crippen LogP contribution in [0.3, 0.4) is 0 Å². The van der Waals surface area contributed by atoms with Crippen molar-refractivity contribution in [3.63, 3.8) is 0 Å². The van der Waals surface area contributed by atoms with E-state index < -0.39 is 17.6 Å². The number of phenols is 1. The lowest BCUT2D eigenvalue weighted by Gasteiger charge is -2.32. The van der Waals surface area contributed by atoms with E-state index in [4.69, 9.17) is 9.15 Å². The van der Waals surface area contributed by atoms with E-state index in [1.807, 2.05) is 30.3 Å². The Labute approximate surface area is 171 Å². The van der Waals surface area contributed by atoms with Crippen LogP contribution in [0.5, 0.6) is 5.75 Å². The molecule has 1 atom stereocenters. The van der Waals surface area contributed by atoms with Gasteiger partial charge in [-0.1, -0.05) is 24.3 Å². The predicted octanol–water partition coefficient (Wildman–Crippen LogP) is 3.51. The second kappa shape index (κ2) is 7.87. The van der Waals surface area contributed by atoms with Crippen LogP contribution in [0.4, 0.5) is 0 Å². The van der Waals surface area contributed by atoms with Gasteiger partial charge in [0.05, 0.1) is 12.5 Å². The zero-order chi connectivity index (χ0) is 21.3. The predicted molar refractivity (Wildman–Crippen MR) is 109 cm³/mol. The normalized spacial score (nSPS) is 15.1. The smallest absolute Gasteiger partial charge is 0.336 e. The number of esters is 1. The van der Waals surface area contributed by atoms with Crippen molar-refractivity contribution in [2.45, 2.75) is 26.0 Å². The topological polar surface area (TPSA) is 97.0 Å². The number of benzene rings is 2. The van der Waals surface area contributed by atoms with E-state index in [0.29, 0.717) is 10.9 Å². The van der Waals surface area contributed by atoms with E-state index in [1.54, 1.807) is 12.3 Å². The molecule has 1 amide bonds. The number of phenolic OH excluding ortho intramolecular Hbond substituents is 1. The Morgan fingerprint density at radius 1 is 1.17 bits per heavy atom. The van der Waals surface area contributed by atoms with Gasteiger partial charge in [0, 0.05) is 36.2 Å². The SMILES string of the molecule is CC(=O)N1C=Cc2ccccc2[C@@H]1CC(=O)OCc1cc(=O)oc2cc(O)ccc12. The highest BCUT2D eigenvalue weighted by Gasteiger charge is 2.28. The molecule has 0 aliphatic carbocycles. The lowest BCUT2D eigenvalue weighted by molar-refractivity contribution is -0.146. The van der Waals surface area contributed by atoms with Crippen molar-refractivity contribution in [1.82, 2.24) is 4.90 Å². The summed E-state index contributed by atoms with van der Waals surface area (Å²) < 4.78 is 10.5. The number of carbonyl (C=O) groups is 2. The summed E-state index contributed by atoms with van der Waals surface area (Å²) in [4.78, 5) is 38.0. The van der Waals surface area contributed by atoms with Gasteiger partial charge in [0.2, 0.25) is 5.91 Å². The van der Waals surface area contributed by atoms with Crippen molar-refractivity contribution in [2.24, 2.45) is 0 Å². The van der Waals surface area contributed by atoms with E-state index in [1.165, 1.54) is 30.0 Å². The maximum Gasteiger partial charge on any atom is 0.336 e. The summed E-state index contributed by atoms with van der Waals surface area (Å²) in [6.07, 6.45) is 3.48. The van der Waals surface area contributed by atoms with Crippen molar-refractivity contribution in [3.05, 3.63) is 81.8 Å². The highest BCUT2D eigenvalue weighted by molar-refractivity contribution is 5.82. The third-order valence-corrected chi connectivity index (χ3v) is 5.03. The Bertz CT molecular complexity index is 1230. The van der Waals surface area contributed by atoms with E-state index in [0.717, 1.165) is 11.1 Å². The van der Waals surface area contributed by atoms with Crippen LogP contribution in [0.15, 0.2) is 63.9 Å². The van der Waals surface area contributed by atoms with Gasteiger partial charge < -0.3 is 19.2 Å². The Balaban J connectivity index is 1.54. The molecule has 0 saturated carbocycles. The molecule has 7 heteroatoms. The number of hydrogen-bond donors (Lipinski definition) is 1. The Morgan fingerprint density at radius 3 is 2.77 bits per heavy atom. The van der Waals surface area contributed by atoms with Gasteiger partial charge in [-0.15, -0.1) is 0 Å². The molecule has 3 aromatic rings. The summed E-state index contributed by atoms with van der Waals surface area (Å²) in [5.74, 6) is -0.713. The number of ether oxygens (including phenoxy) is 1. The summed E-state index contributed by atoms with van der Waals surface area (Å²) in [7, 11) is 0. The number of carbonyl (C=O) groups excluding carboxylic acids is 2.